The first-order chi connectivity index (χ1) is 27.0. The van der Waals surface area contributed by atoms with Crippen LogP contribution in [0.4, 0.5) is 0 Å². The topological polar surface area (TPSA) is 38.7 Å². The van der Waals surface area contributed by atoms with Crippen LogP contribution in [0.25, 0.3) is 89.4 Å². The number of fused-ring (bicyclic) bond motifs is 4. The second kappa shape index (κ2) is 13.2. The minimum atomic E-state index is -0.102. The Morgan fingerprint density at radius 3 is 1.42 bits per heavy atom. The summed E-state index contributed by atoms with van der Waals surface area (Å²) >= 11 is 0. The lowest BCUT2D eigenvalue weighted by Crippen LogP contribution is -2.16. The van der Waals surface area contributed by atoms with Gasteiger partial charge in [-0.2, -0.15) is 0 Å². The molecule has 0 saturated heterocycles. The van der Waals surface area contributed by atoms with Gasteiger partial charge >= 0.3 is 0 Å². The van der Waals surface area contributed by atoms with Gasteiger partial charge in [-0.1, -0.05) is 196 Å². The van der Waals surface area contributed by atoms with E-state index in [0.29, 0.717) is 17.5 Å². The summed E-state index contributed by atoms with van der Waals surface area (Å²) in [6, 6.07) is 66.7. The predicted molar refractivity (Wildman–Crippen MR) is 228 cm³/mol. The Morgan fingerprint density at radius 2 is 0.782 bits per heavy atom. The summed E-state index contributed by atoms with van der Waals surface area (Å²) < 4.78 is 0. The Morgan fingerprint density at radius 1 is 0.327 bits per heavy atom. The Balaban J connectivity index is 1.09. The molecule has 0 unspecified atom stereocenters. The van der Waals surface area contributed by atoms with Gasteiger partial charge in [0.2, 0.25) is 0 Å². The molecule has 0 amide bonds. The van der Waals surface area contributed by atoms with E-state index in [9.17, 15) is 0 Å². The monoisotopic (exact) mass is 703 g/mol. The van der Waals surface area contributed by atoms with Gasteiger partial charge in [0.1, 0.15) is 0 Å². The molecule has 10 rings (SSSR count). The first kappa shape index (κ1) is 32.7. The molecule has 9 aromatic rings. The fourth-order valence-corrected chi connectivity index (χ4v) is 8.37. The summed E-state index contributed by atoms with van der Waals surface area (Å²) in [5.74, 6) is 1.93. The fraction of sp³-hybridized carbons (Fsp3) is 0.0577. The number of hydrogen-bond acceptors (Lipinski definition) is 3. The van der Waals surface area contributed by atoms with Gasteiger partial charge < -0.3 is 0 Å². The van der Waals surface area contributed by atoms with Crippen molar-refractivity contribution in [2.24, 2.45) is 0 Å². The van der Waals surface area contributed by atoms with E-state index in [1.165, 1.54) is 44.5 Å². The van der Waals surface area contributed by atoms with Gasteiger partial charge in [0.05, 0.1) is 0 Å². The standard InChI is InChI=1S/C52H37N3/c1-52(2)47-22-10-9-18-44(47)45-20-12-19-43(48(45)52)41-31-32-42-40(33-41)17-11-21-46(42)51-54-49(38-27-23-36(24-28-38)34-13-5-3-6-14-34)53-50(55-51)39-29-25-37(26-30-39)35-15-7-4-8-16-35/h3-33H,1-2H3. The van der Waals surface area contributed by atoms with Crippen LogP contribution in [-0.2, 0) is 5.41 Å². The Bertz CT molecular complexity index is 2760. The zero-order chi connectivity index (χ0) is 36.9. The summed E-state index contributed by atoms with van der Waals surface area (Å²) in [5.41, 5.74) is 15.3. The second-order valence-corrected chi connectivity index (χ2v) is 14.8. The van der Waals surface area contributed by atoms with Crippen molar-refractivity contribution in [3.63, 3.8) is 0 Å². The van der Waals surface area contributed by atoms with Gasteiger partial charge in [0.15, 0.2) is 17.5 Å². The predicted octanol–water partition coefficient (Wildman–Crippen LogP) is 13.3. The molecule has 0 bridgehead atoms. The van der Waals surface area contributed by atoms with Gasteiger partial charge in [0.25, 0.3) is 0 Å². The van der Waals surface area contributed by atoms with Crippen LogP contribution in [0.2, 0.25) is 0 Å². The first-order valence-electron chi connectivity index (χ1n) is 18.9. The maximum absolute atomic E-state index is 5.16. The molecule has 0 spiro atoms. The summed E-state index contributed by atoms with van der Waals surface area (Å²) in [5, 5.41) is 2.24. The van der Waals surface area contributed by atoms with Crippen molar-refractivity contribution in [3.05, 3.63) is 199 Å². The van der Waals surface area contributed by atoms with Crippen LogP contribution in [-0.4, -0.2) is 15.0 Å². The van der Waals surface area contributed by atoms with Crippen LogP contribution in [0, 0.1) is 0 Å². The van der Waals surface area contributed by atoms with Gasteiger partial charge in [-0.3, -0.25) is 0 Å². The van der Waals surface area contributed by atoms with E-state index in [1.54, 1.807) is 0 Å². The van der Waals surface area contributed by atoms with Crippen LogP contribution in [0.5, 0.6) is 0 Å². The largest absolute Gasteiger partial charge is 0.208 e. The summed E-state index contributed by atoms with van der Waals surface area (Å²) in [6.45, 7) is 4.70. The molecule has 1 heterocycles. The Labute approximate surface area is 321 Å². The van der Waals surface area contributed by atoms with E-state index in [0.717, 1.165) is 38.6 Å². The van der Waals surface area contributed by atoms with Crippen LogP contribution >= 0.6 is 0 Å². The molecule has 0 aliphatic heterocycles. The lowest BCUT2D eigenvalue weighted by Gasteiger charge is -2.24. The molecule has 55 heavy (non-hydrogen) atoms. The number of aromatic nitrogens is 3. The summed E-state index contributed by atoms with van der Waals surface area (Å²) in [7, 11) is 0. The lowest BCUT2D eigenvalue weighted by molar-refractivity contribution is 0.662. The molecular formula is C52H37N3. The number of rotatable bonds is 6. The molecule has 0 atom stereocenters. The Kier molecular flexibility index (Phi) is 7.81. The first-order valence-corrected chi connectivity index (χ1v) is 18.9. The molecule has 1 aromatic heterocycles. The molecule has 3 heteroatoms. The summed E-state index contributed by atoms with van der Waals surface area (Å²) in [4.78, 5) is 15.4. The van der Waals surface area contributed by atoms with Gasteiger partial charge in [-0.15, -0.1) is 0 Å². The smallest absolute Gasteiger partial charge is 0.164 e. The highest BCUT2D eigenvalue weighted by Crippen LogP contribution is 2.52. The maximum Gasteiger partial charge on any atom is 0.164 e. The highest BCUT2D eigenvalue weighted by molar-refractivity contribution is 5.99. The third kappa shape index (κ3) is 5.73. The van der Waals surface area contributed by atoms with Gasteiger partial charge in [0, 0.05) is 22.1 Å². The number of benzene rings is 8. The van der Waals surface area contributed by atoms with Crippen molar-refractivity contribution in [1.82, 2.24) is 15.0 Å². The van der Waals surface area contributed by atoms with Crippen molar-refractivity contribution in [1.29, 1.82) is 0 Å². The minimum absolute atomic E-state index is 0.102. The zero-order valence-corrected chi connectivity index (χ0v) is 30.7. The average molecular weight is 704 g/mol. The molecule has 0 saturated carbocycles. The van der Waals surface area contributed by atoms with Crippen molar-refractivity contribution < 1.29 is 0 Å². The van der Waals surface area contributed by atoms with Crippen LogP contribution in [0.15, 0.2) is 188 Å². The van der Waals surface area contributed by atoms with Gasteiger partial charge in [-0.25, -0.2) is 15.0 Å². The van der Waals surface area contributed by atoms with Crippen molar-refractivity contribution in [3.8, 4) is 78.7 Å². The average Bonchev–Trinajstić information content (AvgIpc) is 3.50. The van der Waals surface area contributed by atoms with Crippen LogP contribution in [0.3, 0.4) is 0 Å². The molecule has 0 N–H and O–H groups in total. The second-order valence-electron chi connectivity index (χ2n) is 14.8. The Hall–Kier alpha value is -6.97. The fourth-order valence-electron chi connectivity index (χ4n) is 8.37. The van der Waals surface area contributed by atoms with Crippen molar-refractivity contribution in [2.45, 2.75) is 19.3 Å². The highest BCUT2D eigenvalue weighted by Gasteiger charge is 2.37. The molecule has 0 radical (unpaired) electrons. The van der Waals surface area contributed by atoms with Crippen molar-refractivity contribution >= 4 is 10.8 Å². The molecule has 3 nitrogen and oxygen atoms in total. The molecular weight excluding hydrogens is 667 g/mol. The minimum Gasteiger partial charge on any atom is -0.208 e. The summed E-state index contributed by atoms with van der Waals surface area (Å²) in [6.07, 6.45) is 0. The lowest BCUT2D eigenvalue weighted by atomic mass is 9.78. The third-order valence-electron chi connectivity index (χ3n) is 11.1. The molecule has 0 fully saturated rings. The van der Waals surface area contributed by atoms with E-state index in [1.807, 2.05) is 12.1 Å². The van der Waals surface area contributed by atoms with Crippen molar-refractivity contribution in [2.75, 3.05) is 0 Å². The van der Waals surface area contributed by atoms with E-state index in [4.69, 9.17) is 15.0 Å². The normalized spacial score (nSPS) is 12.7. The SMILES string of the molecule is CC1(C)c2ccccc2-c2cccc(-c3ccc4c(-c5nc(-c6ccc(-c7ccccc7)cc6)nc(-c6ccc(-c7ccccc7)cc6)n5)cccc4c3)c21. The highest BCUT2D eigenvalue weighted by atomic mass is 15.0. The number of nitrogens with zero attached hydrogens (tertiary/aromatic N) is 3. The zero-order valence-electron chi connectivity index (χ0n) is 30.7. The third-order valence-corrected chi connectivity index (χ3v) is 11.1. The van der Waals surface area contributed by atoms with E-state index < -0.39 is 0 Å². The molecule has 1 aliphatic carbocycles. The molecule has 260 valence electrons. The maximum atomic E-state index is 5.16. The molecule has 8 aromatic carbocycles. The van der Waals surface area contributed by atoms with E-state index in [2.05, 4.69) is 190 Å². The number of hydrogen-bond donors (Lipinski definition) is 0. The van der Waals surface area contributed by atoms with Gasteiger partial charge in [-0.05, 0) is 72.5 Å². The van der Waals surface area contributed by atoms with E-state index >= 15 is 0 Å². The van der Waals surface area contributed by atoms with Crippen LogP contribution < -0.4 is 0 Å². The quantitative estimate of drug-likeness (QED) is 0.173. The molecule has 1 aliphatic rings. The van der Waals surface area contributed by atoms with E-state index in [-0.39, 0.29) is 5.41 Å². The van der Waals surface area contributed by atoms with Crippen LogP contribution in [0.1, 0.15) is 25.0 Å².